The standard InChI is InChI=1S/C26H29ClO2P.ClH/c1-4-20-26(27,25(28)29-21(2)3)30(22-14-8-5-9-15-22,23-16-10-6-11-17-23)24-18-12-7-13-19-24;/h5-19,21H,4,20H2,1-3H3;1H/q+1;/p-1. The lowest BCUT2D eigenvalue weighted by atomic mass is 10.2. The molecule has 2 nitrogen and oxygen atoms in total. The second-order valence-corrected chi connectivity index (χ2v) is 12.2. The van der Waals surface area contributed by atoms with Crippen molar-refractivity contribution in [2.75, 3.05) is 0 Å². The van der Waals surface area contributed by atoms with Gasteiger partial charge in [0.1, 0.15) is 23.2 Å². The van der Waals surface area contributed by atoms with Gasteiger partial charge in [0.15, 0.2) is 0 Å². The quantitative estimate of drug-likeness (QED) is 0.285. The van der Waals surface area contributed by atoms with Gasteiger partial charge in [0.2, 0.25) is 0 Å². The number of benzene rings is 3. The summed E-state index contributed by atoms with van der Waals surface area (Å²) in [6, 6.07) is 30.7. The van der Waals surface area contributed by atoms with Gasteiger partial charge in [0.25, 0.3) is 4.62 Å². The number of halogens is 2. The summed E-state index contributed by atoms with van der Waals surface area (Å²) >= 11 is 7.54. The minimum atomic E-state index is -2.61. The maximum absolute atomic E-state index is 13.7. The summed E-state index contributed by atoms with van der Waals surface area (Å²) in [5.74, 6) is -0.342. The van der Waals surface area contributed by atoms with Crippen LogP contribution >= 0.6 is 18.9 Å². The highest BCUT2D eigenvalue weighted by Gasteiger charge is 2.67. The van der Waals surface area contributed by atoms with Gasteiger partial charge in [-0.15, -0.1) is 0 Å². The predicted octanol–water partition coefficient (Wildman–Crippen LogP) is 2.67. The van der Waals surface area contributed by atoms with Gasteiger partial charge in [-0.05, 0) is 50.2 Å². The molecule has 1 atom stereocenters. The first kappa shape index (κ1) is 25.4. The van der Waals surface area contributed by atoms with Crippen LogP contribution < -0.4 is 28.3 Å². The molecule has 5 heteroatoms. The topological polar surface area (TPSA) is 26.3 Å². The van der Waals surface area contributed by atoms with Crippen molar-refractivity contribution in [3.8, 4) is 0 Å². The first-order chi connectivity index (χ1) is 14.5. The Hall–Kier alpha value is -1.86. The molecule has 0 amide bonds. The summed E-state index contributed by atoms with van der Waals surface area (Å²) in [6.07, 6.45) is 1.05. The zero-order chi connectivity index (χ0) is 21.6. The van der Waals surface area contributed by atoms with E-state index in [2.05, 4.69) is 43.3 Å². The fraction of sp³-hybridized carbons (Fsp3) is 0.269. The van der Waals surface area contributed by atoms with Crippen LogP contribution in [0.2, 0.25) is 0 Å². The maximum Gasteiger partial charge on any atom is 0.367 e. The normalized spacial score (nSPS) is 13.2. The summed E-state index contributed by atoms with van der Waals surface area (Å²) < 4.78 is 4.58. The fourth-order valence-electron chi connectivity index (χ4n) is 4.06. The Balaban J connectivity index is 0.00000341. The molecule has 0 aromatic heterocycles. The lowest BCUT2D eigenvalue weighted by molar-refractivity contribution is -0.148. The van der Waals surface area contributed by atoms with E-state index in [-0.39, 0.29) is 24.5 Å². The van der Waals surface area contributed by atoms with Crippen molar-refractivity contribution >= 4 is 40.7 Å². The molecule has 1 unspecified atom stereocenters. The highest BCUT2D eigenvalue weighted by atomic mass is 35.5. The molecule has 0 radical (unpaired) electrons. The molecule has 164 valence electrons. The summed E-state index contributed by atoms with van der Waals surface area (Å²) in [5, 5.41) is 3.23. The molecule has 3 aromatic carbocycles. The van der Waals surface area contributed by atoms with Crippen LogP contribution in [0.1, 0.15) is 33.6 Å². The van der Waals surface area contributed by atoms with Crippen molar-refractivity contribution < 1.29 is 21.9 Å². The molecule has 0 spiro atoms. The molecule has 0 saturated carbocycles. The zero-order valence-electron chi connectivity index (χ0n) is 18.2. The molecule has 0 N–H and O–H groups in total. The Bertz CT molecular complexity index is 852. The highest BCUT2D eigenvalue weighted by Crippen LogP contribution is 2.69. The van der Waals surface area contributed by atoms with Crippen LogP contribution in [0.15, 0.2) is 91.0 Å². The summed E-state index contributed by atoms with van der Waals surface area (Å²) in [4.78, 5) is 13.7. The summed E-state index contributed by atoms with van der Waals surface area (Å²) in [5.41, 5.74) is 0. The van der Waals surface area contributed by atoms with Crippen LogP contribution in [0.3, 0.4) is 0 Å². The van der Waals surface area contributed by atoms with E-state index in [0.717, 1.165) is 22.3 Å². The third kappa shape index (κ3) is 4.82. The number of carbonyl (C=O) groups excluding carboxylic acids is 1. The predicted molar refractivity (Wildman–Crippen MR) is 130 cm³/mol. The minimum Gasteiger partial charge on any atom is -1.00 e. The van der Waals surface area contributed by atoms with E-state index < -0.39 is 11.9 Å². The van der Waals surface area contributed by atoms with Gasteiger partial charge in [-0.3, -0.25) is 0 Å². The van der Waals surface area contributed by atoms with Crippen molar-refractivity contribution in [2.24, 2.45) is 0 Å². The van der Waals surface area contributed by atoms with E-state index in [0.29, 0.717) is 6.42 Å². The number of ether oxygens (including phenoxy) is 1. The van der Waals surface area contributed by atoms with Crippen molar-refractivity contribution in [1.82, 2.24) is 0 Å². The highest BCUT2D eigenvalue weighted by molar-refractivity contribution is 7.98. The monoisotopic (exact) mass is 474 g/mol. The van der Waals surface area contributed by atoms with Crippen LogP contribution in [0.25, 0.3) is 0 Å². The summed E-state index contributed by atoms with van der Waals surface area (Å²) in [7, 11) is -2.61. The Kier molecular flexibility index (Phi) is 9.13. The Morgan fingerprint density at radius 3 is 1.48 bits per heavy atom. The lowest BCUT2D eigenvalue weighted by Gasteiger charge is -2.39. The summed E-state index contributed by atoms with van der Waals surface area (Å²) in [6.45, 7) is 5.80. The van der Waals surface area contributed by atoms with E-state index >= 15 is 0 Å². The van der Waals surface area contributed by atoms with Gasteiger partial charge in [-0.25, -0.2) is 4.79 Å². The van der Waals surface area contributed by atoms with E-state index in [1.54, 1.807) is 0 Å². The molecular formula is C26H29Cl2O2P. The van der Waals surface area contributed by atoms with Crippen molar-refractivity contribution in [1.29, 1.82) is 0 Å². The average molecular weight is 475 g/mol. The smallest absolute Gasteiger partial charge is 0.367 e. The number of alkyl halides is 1. The maximum atomic E-state index is 13.7. The zero-order valence-corrected chi connectivity index (χ0v) is 20.6. The second kappa shape index (κ2) is 11.1. The molecular weight excluding hydrogens is 446 g/mol. The number of hydrogen-bond acceptors (Lipinski definition) is 2. The van der Waals surface area contributed by atoms with Gasteiger partial charge >= 0.3 is 5.97 Å². The average Bonchev–Trinajstić information content (AvgIpc) is 2.76. The molecule has 0 bridgehead atoms. The fourth-order valence-corrected chi connectivity index (χ4v) is 10.0. The SMILES string of the molecule is CCCC(Cl)(C(=O)OC(C)C)[P+](c1ccccc1)(c1ccccc1)c1ccccc1.[Cl-]. The molecule has 0 aliphatic rings. The van der Waals surface area contributed by atoms with E-state index in [1.165, 1.54) is 0 Å². The Morgan fingerprint density at radius 2 is 1.19 bits per heavy atom. The van der Waals surface area contributed by atoms with E-state index in [4.69, 9.17) is 16.3 Å². The van der Waals surface area contributed by atoms with Gasteiger partial charge in [-0.1, -0.05) is 79.5 Å². The second-order valence-electron chi connectivity index (χ2n) is 7.64. The van der Waals surface area contributed by atoms with Crippen molar-refractivity contribution in [2.45, 2.75) is 44.3 Å². The molecule has 0 aliphatic heterocycles. The molecule has 0 heterocycles. The van der Waals surface area contributed by atoms with Crippen LogP contribution in [-0.2, 0) is 9.53 Å². The van der Waals surface area contributed by atoms with Crippen molar-refractivity contribution in [3.63, 3.8) is 0 Å². The number of rotatable bonds is 8. The lowest BCUT2D eigenvalue weighted by Crippen LogP contribution is -3.00. The molecule has 0 aliphatic carbocycles. The molecule has 0 fully saturated rings. The molecule has 3 aromatic rings. The first-order valence-corrected chi connectivity index (χ1v) is 12.6. The first-order valence-electron chi connectivity index (χ1n) is 10.4. The Labute approximate surface area is 197 Å². The van der Waals surface area contributed by atoms with E-state index in [1.807, 2.05) is 68.4 Å². The van der Waals surface area contributed by atoms with Crippen LogP contribution in [-0.4, -0.2) is 16.7 Å². The van der Waals surface area contributed by atoms with Gasteiger partial charge in [0, 0.05) is 6.42 Å². The van der Waals surface area contributed by atoms with Gasteiger partial charge in [-0.2, -0.15) is 0 Å². The van der Waals surface area contributed by atoms with Gasteiger partial charge in [0.05, 0.1) is 6.10 Å². The van der Waals surface area contributed by atoms with Crippen LogP contribution in [0.5, 0.6) is 0 Å². The number of esters is 1. The van der Waals surface area contributed by atoms with Crippen molar-refractivity contribution in [3.05, 3.63) is 91.0 Å². The van der Waals surface area contributed by atoms with Gasteiger partial charge < -0.3 is 17.1 Å². The third-order valence-corrected chi connectivity index (χ3v) is 11.0. The molecule has 3 rings (SSSR count). The number of carbonyl (C=O) groups is 1. The minimum absolute atomic E-state index is 0. The van der Waals surface area contributed by atoms with Crippen LogP contribution in [0.4, 0.5) is 0 Å². The van der Waals surface area contributed by atoms with Crippen LogP contribution in [0, 0.1) is 0 Å². The van der Waals surface area contributed by atoms with E-state index in [9.17, 15) is 4.79 Å². The largest absolute Gasteiger partial charge is 1.00 e. The Morgan fingerprint density at radius 1 is 0.839 bits per heavy atom. The molecule has 31 heavy (non-hydrogen) atoms. The number of hydrogen-bond donors (Lipinski definition) is 0. The molecule has 0 saturated heterocycles. The third-order valence-electron chi connectivity index (χ3n) is 5.20.